The molecule has 1 rings (SSSR count). The number of hydrogen-bond acceptors (Lipinski definition) is 4. The molecule has 2 N–H and O–H groups in total. The highest BCUT2D eigenvalue weighted by Crippen LogP contribution is 2.19. The summed E-state index contributed by atoms with van der Waals surface area (Å²) in [5.74, 6) is 0.931. The molecule has 0 aromatic heterocycles. The van der Waals surface area contributed by atoms with Crippen LogP contribution in [0, 0.1) is 0 Å². The van der Waals surface area contributed by atoms with Gasteiger partial charge >= 0.3 is 0 Å². The molecule has 1 aliphatic heterocycles. The highest BCUT2D eigenvalue weighted by molar-refractivity contribution is 14.0. The lowest BCUT2D eigenvalue weighted by atomic mass is 10.1. The van der Waals surface area contributed by atoms with Gasteiger partial charge in [0.25, 0.3) is 0 Å². The quantitative estimate of drug-likeness (QED) is 0.253. The fraction of sp³-hybridized carbons (Fsp3) is 0.938. The zero-order chi connectivity index (χ0) is 16.4. The Morgan fingerprint density at radius 3 is 2.52 bits per heavy atom. The number of hydrogen-bond donors (Lipinski definition) is 2. The minimum Gasteiger partial charge on any atom is -0.385 e. The van der Waals surface area contributed by atoms with Gasteiger partial charge in [0.05, 0.1) is 0 Å². The summed E-state index contributed by atoms with van der Waals surface area (Å²) in [7, 11) is 3.62. The highest BCUT2D eigenvalue weighted by Gasteiger charge is 2.21. The molecule has 1 heterocycles. The van der Waals surface area contributed by atoms with Crippen LogP contribution in [-0.4, -0.2) is 74.8 Å². The van der Waals surface area contributed by atoms with E-state index in [-0.39, 0.29) is 28.7 Å². The van der Waals surface area contributed by atoms with Crippen molar-refractivity contribution in [2.45, 2.75) is 43.9 Å². The van der Waals surface area contributed by atoms with Crippen molar-refractivity contribution in [3.63, 3.8) is 0 Å². The van der Waals surface area contributed by atoms with Crippen LogP contribution in [0.2, 0.25) is 0 Å². The molecule has 5 nitrogen and oxygen atoms in total. The number of thioether (sulfide) groups is 1. The van der Waals surface area contributed by atoms with E-state index in [0.717, 1.165) is 45.2 Å². The lowest BCUT2D eigenvalue weighted by Gasteiger charge is -2.33. The maximum absolute atomic E-state index is 5.12. The molecular weight excluding hydrogens is 423 g/mol. The molecule has 1 aliphatic rings. The number of nitrogens with one attached hydrogen (secondary N) is 2. The molecule has 7 heteroatoms. The van der Waals surface area contributed by atoms with E-state index in [2.05, 4.69) is 40.6 Å². The van der Waals surface area contributed by atoms with Gasteiger partial charge in [0.15, 0.2) is 5.96 Å². The third-order valence-corrected chi connectivity index (χ3v) is 5.46. The number of rotatable bonds is 8. The van der Waals surface area contributed by atoms with Gasteiger partial charge in [0, 0.05) is 57.7 Å². The summed E-state index contributed by atoms with van der Waals surface area (Å²) in [5, 5.41) is 7.02. The first-order valence-corrected chi connectivity index (χ1v) is 9.47. The number of ether oxygens (including phenoxy) is 1. The van der Waals surface area contributed by atoms with Crippen molar-refractivity contribution in [1.82, 2.24) is 15.5 Å². The van der Waals surface area contributed by atoms with Crippen LogP contribution in [-0.2, 0) is 4.74 Å². The Labute approximate surface area is 163 Å². The Balaban J connectivity index is 0.00000484. The molecule has 0 bridgehead atoms. The standard InChI is InChI=1S/C16H34N4OS.HI/c1-16(2,22-5)13-18-15(17-3)19-14-7-10-20(11-8-14)9-6-12-21-4;/h14H,6-13H2,1-5H3,(H2,17,18,19);1H. The van der Waals surface area contributed by atoms with Crippen molar-refractivity contribution in [2.24, 2.45) is 4.99 Å². The molecule has 0 aromatic rings. The number of halogens is 1. The monoisotopic (exact) mass is 458 g/mol. The summed E-state index contributed by atoms with van der Waals surface area (Å²) < 4.78 is 5.34. The first-order chi connectivity index (χ1) is 10.5. The maximum Gasteiger partial charge on any atom is 0.191 e. The molecule has 23 heavy (non-hydrogen) atoms. The summed E-state index contributed by atoms with van der Waals surface area (Å²) >= 11 is 1.87. The van der Waals surface area contributed by atoms with Gasteiger partial charge in [0.1, 0.15) is 0 Å². The molecule has 1 saturated heterocycles. The second-order valence-corrected chi connectivity index (χ2v) is 8.01. The van der Waals surface area contributed by atoms with Crippen LogP contribution in [0.25, 0.3) is 0 Å². The van der Waals surface area contributed by atoms with Crippen LogP contribution in [0.5, 0.6) is 0 Å². The maximum atomic E-state index is 5.12. The Kier molecular flexibility index (Phi) is 12.8. The molecule has 0 unspecified atom stereocenters. The number of methoxy groups -OCH3 is 1. The fourth-order valence-electron chi connectivity index (χ4n) is 2.49. The zero-order valence-corrected chi connectivity index (χ0v) is 18.5. The van der Waals surface area contributed by atoms with Crippen molar-refractivity contribution in [1.29, 1.82) is 0 Å². The van der Waals surface area contributed by atoms with Gasteiger partial charge in [-0.3, -0.25) is 4.99 Å². The van der Waals surface area contributed by atoms with Gasteiger partial charge in [-0.2, -0.15) is 11.8 Å². The van der Waals surface area contributed by atoms with E-state index in [4.69, 9.17) is 4.74 Å². The van der Waals surface area contributed by atoms with E-state index in [1.54, 1.807) is 7.11 Å². The molecule has 0 atom stereocenters. The Morgan fingerprint density at radius 1 is 1.35 bits per heavy atom. The minimum absolute atomic E-state index is 0. The smallest absolute Gasteiger partial charge is 0.191 e. The molecule has 0 aromatic carbocycles. The van der Waals surface area contributed by atoms with Gasteiger partial charge in [0.2, 0.25) is 0 Å². The molecule has 1 fully saturated rings. The summed E-state index contributed by atoms with van der Waals surface area (Å²) in [4.78, 5) is 6.89. The van der Waals surface area contributed by atoms with Gasteiger partial charge in [-0.25, -0.2) is 0 Å². The SMILES string of the molecule is CN=C(NCC(C)(C)SC)NC1CCN(CCCOC)CC1.I. The highest BCUT2D eigenvalue weighted by atomic mass is 127. The molecule has 0 radical (unpaired) electrons. The van der Waals surface area contributed by atoms with Crippen LogP contribution < -0.4 is 10.6 Å². The van der Waals surface area contributed by atoms with Crippen molar-refractivity contribution >= 4 is 41.7 Å². The van der Waals surface area contributed by atoms with E-state index in [0.29, 0.717) is 6.04 Å². The third kappa shape index (κ3) is 9.99. The number of guanidine groups is 1. The summed E-state index contributed by atoms with van der Waals surface area (Å²) in [5.41, 5.74) is 0. The van der Waals surface area contributed by atoms with E-state index in [1.807, 2.05) is 18.8 Å². The van der Waals surface area contributed by atoms with E-state index in [9.17, 15) is 0 Å². The number of nitrogens with zero attached hydrogens (tertiary/aromatic N) is 2. The average Bonchev–Trinajstić information content (AvgIpc) is 2.53. The van der Waals surface area contributed by atoms with Crippen LogP contribution in [0.4, 0.5) is 0 Å². The molecule has 0 amide bonds. The number of aliphatic imine (C=N–C) groups is 1. The van der Waals surface area contributed by atoms with Crippen LogP contribution in [0.1, 0.15) is 33.1 Å². The molecule has 0 aliphatic carbocycles. The van der Waals surface area contributed by atoms with Crippen LogP contribution in [0.15, 0.2) is 4.99 Å². The molecular formula is C16H35IN4OS. The summed E-state index contributed by atoms with van der Waals surface area (Å²) in [6, 6.07) is 0.530. The normalized spacial score (nSPS) is 17.7. The Bertz CT molecular complexity index is 334. The van der Waals surface area contributed by atoms with Crippen molar-refractivity contribution < 1.29 is 4.74 Å². The summed E-state index contributed by atoms with van der Waals surface area (Å²) in [6.07, 6.45) is 5.64. The third-order valence-electron chi connectivity index (χ3n) is 4.21. The van der Waals surface area contributed by atoms with Crippen LogP contribution >= 0.6 is 35.7 Å². The Morgan fingerprint density at radius 2 is 2.00 bits per heavy atom. The second kappa shape index (κ2) is 12.6. The largest absolute Gasteiger partial charge is 0.385 e. The number of piperidine rings is 1. The minimum atomic E-state index is 0. The molecule has 0 spiro atoms. The van der Waals surface area contributed by atoms with Gasteiger partial charge in [-0.05, 0) is 39.4 Å². The topological polar surface area (TPSA) is 48.9 Å². The predicted octanol–water partition coefficient (Wildman–Crippen LogP) is 2.41. The van der Waals surface area contributed by atoms with Crippen molar-refractivity contribution in [2.75, 3.05) is 53.2 Å². The average molecular weight is 458 g/mol. The lowest BCUT2D eigenvalue weighted by Crippen LogP contribution is -2.50. The van der Waals surface area contributed by atoms with E-state index < -0.39 is 0 Å². The van der Waals surface area contributed by atoms with Crippen molar-refractivity contribution in [3.8, 4) is 0 Å². The predicted molar refractivity (Wildman–Crippen MR) is 113 cm³/mol. The molecule has 0 saturated carbocycles. The van der Waals surface area contributed by atoms with E-state index >= 15 is 0 Å². The summed E-state index contributed by atoms with van der Waals surface area (Å²) in [6.45, 7) is 9.75. The lowest BCUT2D eigenvalue weighted by molar-refractivity contribution is 0.155. The first-order valence-electron chi connectivity index (χ1n) is 8.24. The zero-order valence-electron chi connectivity index (χ0n) is 15.4. The molecule has 138 valence electrons. The van der Waals surface area contributed by atoms with Gasteiger partial charge in [-0.15, -0.1) is 24.0 Å². The second-order valence-electron chi connectivity index (χ2n) is 6.50. The fourth-order valence-corrected chi connectivity index (χ4v) is 2.71. The first kappa shape index (κ1) is 23.3. The van der Waals surface area contributed by atoms with Crippen LogP contribution in [0.3, 0.4) is 0 Å². The van der Waals surface area contributed by atoms with Gasteiger partial charge in [-0.1, -0.05) is 0 Å². The Hall–Kier alpha value is 0.270. The van der Waals surface area contributed by atoms with E-state index in [1.165, 1.54) is 12.8 Å². The van der Waals surface area contributed by atoms with Gasteiger partial charge < -0.3 is 20.3 Å². The van der Waals surface area contributed by atoms with Crippen molar-refractivity contribution in [3.05, 3.63) is 0 Å². The number of likely N-dealkylation sites (tertiary alicyclic amines) is 1.